The number of nitrogens with two attached hydrogens (primary N) is 1. The van der Waals surface area contributed by atoms with Crippen molar-refractivity contribution in [3.63, 3.8) is 0 Å². The molecular formula is C13H20ClN3. The van der Waals surface area contributed by atoms with Crippen molar-refractivity contribution in [2.24, 2.45) is 10.7 Å². The highest BCUT2D eigenvalue weighted by Gasteiger charge is 2.11. The van der Waals surface area contributed by atoms with Crippen LogP contribution < -0.4 is 5.73 Å². The van der Waals surface area contributed by atoms with E-state index in [1.165, 1.54) is 0 Å². The minimum atomic E-state index is -0.168. The van der Waals surface area contributed by atoms with E-state index in [1.807, 2.05) is 57.0 Å². The van der Waals surface area contributed by atoms with Gasteiger partial charge in [0.2, 0.25) is 0 Å². The van der Waals surface area contributed by atoms with E-state index in [0.29, 0.717) is 12.5 Å². The van der Waals surface area contributed by atoms with Crippen LogP contribution in [0.15, 0.2) is 29.3 Å². The van der Waals surface area contributed by atoms with Gasteiger partial charge in [0.15, 0.2) is 5.96 Å². The first-order valence-corrected chi connectivity index (χ1v) is 5.97. The second-order valence-corrected chi connectivity index (χ2v) is 5.50. The molecule has 0 fully saturated rings. The third kappa shape index (κ3) is 4.65. The highest BCUT2D eigenvalue weighted by atomic mass is 35.5. The fourth-order valence-corrected chi connectivity index (χ4v) is 1.59. The van der Waals surface area contributed by atoms with E-state index in [-0.39, 0.29) is 5.54 Å². The molecule has 1 aromatic carbocycles. The summed E-state index contributed by atoms with van der Waals surface area (Å²) in [4.78, 5) is 6.31. The van der Waals surface area contributed by atoms with E-state index >= 15 is 0 Å². The van der Waals surface area contributed by atoms with Gasteiger partial charge in [0.25, 0.3) is 0 Å². The molecule has 94 valence electrons. The van der Waals surface area contributed by atoms with Crippen molar-refractivity contribution in [2.75, 3.05) is 7.05 Å². The van der Waals surface area contributed by atoms with Crippen molar-refractivity contribution in [3.05, 3.63) is 34.9 Å². The summed E-state index contributed by atoms with van der Waals surface area (Å²) >= 11 is 6.10. The van der Waals surface area contributed by atoms with Gasteiger partial charge in [-0.25, -0.2) is 4.99 Å². The molecule has 0 radical (unpaired) electrons. The summed E-state index contributed by atoms with van der Waals surface area (Å²) in [5, 5.41) is 0.753. The van der Waals surface area contributed by atoms with E-state index in [1.54, 1.807) is 0 Å². The van der Waals surface area contributed by atoms with Gasteiger partial charge in [0.05, 0.1) is 5.54 Å². The summed E-state index contributed by atoms with van der Waals surface area (Å²) in [5.74, 6) is 0.525. The lowest BCUT2D eigenvalue weighted by Gasteiger charge is -2.22. The van der Waals surface area contributed by atoms with Crippen molar-refractivity contribution in [2.45, 2.75) is 32.9 Å². The van der Waals surface area contributed by atoms with Gasteiger partial charge >= 0.3 is 0 Å². The molecule has 17 heavy (non-hydrogen) atoms. The number of aliphatic imine (C=N–C) groups is 1. The number of guanidine groups is 1. The topological polar surface area (TPSA) is 41.6 Å². The molecule has 2 N–H and O–H groups in total. The number of rotatable bonds is 2. The fourth-order valence-electron chi connectivity index (χ4n) is 1.39. The molecule has 0 aliphatic heterocycles. The summed E-state index contributed by atoms with van der Waals surface area (Å²) in [6, 6.07) is 7.75. The van der Waals surface area contributed by atoms with Crippen LogP contribution in [0, 0.1) is 0 Å². The zero-order valence-corrected chi connectivity index (χ0v) is 11.6. The number of benzene rings is 1. The van der Waals surface area contributed by atoms with Gasteiger partial charge in [-0.2, -0.15) is 0 Å². The van der Waals surface area contributed by atoms with Crippen LogP contribution in [0.4, 0.5) is 0 Å². The van der Waals surface area contributed by atoms with Gasteiger partial charge in [-0.05, 0) is 32.4 Å². The van der Waals surface area contributed by atoms with Crippen LogP contribution in [0.1, 0.15) is 26.3 Å². The summed E-state index contributed by atoms with van der Waals surface area (Å²) in [6.45, 7) is 6.71. The Labute approximate surface area is 108 Å². The highest BCUT2D eigenvalue weighted by molar-refractivity contribution is 6.31. The Bertz CT molecular complexity index is 407. The van der Waals surface area contributed by atoms with E-state index in [2.05, 4.69) is 4.99 Å². The molecule has 1 aromatic rings. The minimum Gasteiger partial charge on any atom is -0.370 e. The Morgan fingerprint density at radius 3 is 2.47 bits per heavy atom. The maximum atomic E-state index is 6.10. The van der Waals surface area contributed by atoms with E-state index in [9.17, 15) is 0 Å². The Balaban J connectivity index is 2.77. The van der Waals surface area contributed by atoms with Gasteiger partial charge in [-0.1, -0.05) is 29.8 Å². The van der Waals surface area contributed by atoms with Gasteiger partial charge < -0.3 is 10.6 Å². The van der Waals surface area contributed by atoms with Crippen LogP contribution in [0.2, 0.25) is 5.02 Å². The SMILES string of the molecule is CN(Cc1ccccc1Cl)C(N)=NC(C)(C)C. The van der Waals surface area contributed by atoms with E-state index in [4.69, 9.17) is 17.3 Å². The van der Waals surface area contributed by atoms with Crippen LogP contribution in [-0.4, -0.2) is 23.4 Å². The fraction of sp³-hybridized carbons (Fsp3) is 0.462. The monoisotopic (exact) mass is 253 g/mol. The second-order valence-electron chi connectivity index (χ2n) is 5.09. The molecule has 0 aliphatic carbocycles. The van der Waals surface area contributed by atoms with E-state index in [0.717, 1.165) is 10.6 Å². The predicted molar refractivity (Wildman–Crippen MR) is 74.3 cm³/mol. The van der Waals surface area contributed by atoms with Crippen molar-refractivity contribution >= 4 is 17.6 Å². The number of hydrogen-bond donors (Lipinski definition) is 1. The Morgan fingerprint density at radius 2 is 1.94 bits per heavy atom. The Hall–Kier alpha value is -1.22. The highest BCUT2D eigenvalue weighted by Crippen LogP contribution is 2.16. The van der Waals surface area contributed by atoms with Crippen LogP contribution in [0.25, 0.3) is 0 Å². The second kappa shape index (κ2) is 5.41. The van der Waals surface area contributed by atoms with Crippen molar-refractivity contribution in [3.8, 4) is 0 Å². The standard InChI is InChI=1S/C13H20ClN3/c1-13(2,3)16-12(15)17(4)9-10-7-5-6-8-11(10)14/h5-8H,9H2,1-4H3,(H2,15,16). The Morgan fingerprint density at radius 1 is 1.35 bits per heavy atom. The number of hydrogen-bond acceptors (Lipinski definition) is 1. The number of halogens is 1. The molecule has 0 aromatic heterocycles. The summed E-state index contributed by atoms with van der Waals surface area (Å²) in [5.41, 5.74) is 6.81. The molecule has 0 spiro atoms. The molecule has 0 bridgehead atoms. The first-order valence-electron chi connectivity index (χ1n) is 5.59. The van der Waals surface area contributed by atoms with Gasteiger partial charge in [-0.15, -0.1) is 0 Å². The molecule has 0 saturated heterocycles. The lowest BCUT2D eigenvalue weighted by Crippen LogP contribution is -2.36. The molecule has 0 atom stereocenters. The molecule has 4 heteroatoms. The lowest BCUT2D eigenvalue weighted by atomic mass is 10.1. The van der Waals surface area contributed by atoms with Crippen molar-refractivity contribution in [1.29, 1.82) is 0 Å². The third-order valence-corrected chi connectivity index (χ3v) is 2.58. The summed E-state index contributed by atoms with van der Waals surface area (Å²) < 4.78 is 0. The first kappa shape index (κ1) is 13.8. The molecule has 1 rings (SSSR count). The van der Waals surface area contributed by atoms with Gasteiger partial charge in [-0.3, -0.25) is 0 Å². The molecule has 0 unspecified atom stereocenters. The molecule has 0 aliphatic rings. The number of nitrogens with zero attached hydrogens (tertiary/aromatic N) is 2. The van der Waals surface area contributed by atoms with Crippen LogP contribution in [-0.2, 0) is 6.54 Å². The molecule has 0 amide bonds. The maximum Gasteiger partial charge on any atom is 0.191 e. The van der Waals surface area contributed by atoms with E-state index < -0.39 is 0 Å². The van der Waals surface area contributed by atoms with Crippen LogP contribution >= 0.6 is 11.6 Å². The van der Waals surface area contributed by atoms with Crippen molar-refractivity contribution in [1.82, 2.24) is 4.90 Å². The maximum absolute atomic E-state index is 6.10. The zero-order valence-electron chi connectivity index (χ0n) is 10.9. The minimum absolute atomic E-state index is 0.168. The predicted octanol–water partition coefficient (Wildman–Crippen LogP) is 2.89. The normalized spacial score (nSPS) is 12.6. The molecule has 3 nitrogen and oxygen atoms in total. The lowest BCUT2D eigenvalue weighted by molar-refractivity contribution is 0.474. The zero-order chi connectivity index (χ0) is 13.1. The third-order valence-electron chi connectivity index (χ3n) is 2.21. The molecule has 0 saturated carbocycles. The Kier molecular flexibility index (Phi) is 4.40. The smallest absolute Gasteiger partial charge is 0.191 e. The largest absolute Gasteiger partial charge is 0.370 e. The van der Waals surface area contributed by atoms with Gasteiger partial charge in [0, 0.05) is 18.6 Å². The average molecular weight is 254 g/mol. The van der Waals surface area contributed by atoms with Crippen molar-refractivity contribution < 1.29 is 0 Å². The first-order chi connectivity index (χ1) is 7.79. The van der Waals surface area contributed by atoms with Crippen LogP contribution in [0.5, 0.6) is 0 Å². The summed E-state index contributed by atoms with van der Waals surface area (Å²) in [6.07, 6.45) is 0. The van der Waals surface area contributed by atoms with Crippen LogP contribution in [0.3, 0.4) is 0 Å². The molecule has 0 heterocycles. The average Bonchev–Trinajstić information content (AvgIpc) is 2.18. The van der Waals surface area contributed by atoms with Gasteiger partial charge in [0.1, 0.15) is 0 Å². The molecular weight excluding hydrogens is 234 g/mol. The summed E-state index contributed by atoms with van der Waals surface area (Å²) in [7, 11) is 1.91. The quantitative estimate of drug-likeness (QED) is 0.651.